The van der Waals surface area contributed by atoms with Crippen LogP contribution in [-0.4, -0.2) is 45.1 Å². The van der Waals surface area contributed by atoms with Gasteiger partial charge in [0.25, 0.3) is 5.91 Å². The van der Waals surface area contributed by atoms with Crippen LogP contribution < -0.4 is 5.32 Å². The van der Waals surface area contributed by atoms with E-state index in [4.69, 9.17) is 4.74 Å². The zero-order chi connectivity index (χ0) is 13.9. The molecule has 1 N–H and O–H groups in total. The third-order valence-electron chi connectivity index (χ3n) is 3.22. The van der Waals surface area contributed by atoms with E-state index in [0.29, 0.717) is 23.1 Å². The molecular formula is C12H15N5O2S. The van der Waals surface area contributed by atoms with Gasteiger partial charge in [0.1, 0.15) is 0 Å². The summed E-state index contributed by atoms with van der Waals surface area (Å²) in [6, 6.07) is 0. The Morgan fingerprint density at radius 2 is 2.55 bits per heavy atom. The molecule has 7 nitrogen and oxygen atoms in total. The molecule has 1 aliphatic heterocycles. The van der Waals surface area contributed by atoms with Crippen molar-refractivity contribution in [3.05, 3.63) is 23.0 Å². The molecule has 20 heavy (non-hydrogen) atoms. The Morgan fingerprint density at radius 1 is 1.65 bits per heavy atom. The molecule has 3 rings (SSSR count). The third-order valence-corrected chi connectivity index (χ3v) is 3.97. The molecule has 1 amide bonds. The first kappa shape index (κ1) is 13.2. The summed E-state index contributed by atoms with van der Waals surface area (Å²) < 4.78 is 7.04. The number of carbonyl (C=O) groups excluding carboxylic acids is 1. The summed E-state index contributed by atoms with van der Waals surface area (Å²) in [4.78, 5) is 16.3. The molecule has 1 atom stereocenters. The van der Waals surface area contributed by atoms with Gasteiger partial charge in [-0.3, -0.25) is 4.79 Å². The maximum atomic E-state index is 12.1. The maximum absolute atomic E-state index is 12.1. The molecule has 0 spiro atoms. The Hall–Kier alpha value is -1.80. The lowest BCUT2D eigenvalue weighted by atomic mass is 10.2. The van der Waals surface area contributed by atoms with Gasteiger partial charge < -0.3 is 10.1 Å². The van der Waals surface area contributed by atoms with Gasteiger partial charge in [-0.2, -0.15) is 4.68 Å². The summed E-state index contributed by atoms with van der Waals surface area (Å²) in [5, 5.41) is 13.3. The lowest BCUT2D eigenvalue weighted by molar-refractivity contribution is 0.0853. The van der Waals surface area contributed by atoms with Crippen LogP contribution in [0, 0.1) is 6.92 Å². The van der Waals surface area contributed by atoms with Crippen molar-refractivity contribution in [1.82, 2.24) is 25.3 Å². The Bertz CT molecular complexity index is 589. The van der Waals surface area contributed by atoms with Crippen LogP contribution >= 0.6 is 11.3 Å². The molecule has 2 aromatic rings. The average Bonchev–Trinajstić information content (AvgIpc) is 3.17. The number of hydrogen-bond donors (Lipinski definition) is 1. The van der Waals surface area contributed by atoms with Gasteiger partial charge in [0.2, 0.25) is 5.13 Å². The van der Waals surface area contributed by atoms with Crippen LogP contribution in [0.2, 0.25) is 0 Å². The quantitative estimate of drug-likeness (QED) is 0.907. The van der Waals surface area contributed by atoms with Crippen molar-refractivity contribution in [2.24, 2.45) is 0 Å². The fourth-order valence-electron chi connectivity index (χ4n) is 2.14. The lowest BCUT2D eigenvalue weighted by Crippen LogP contribution is -2.32. The highest BCUT2D eigenvalue weighted by atomic mass is 32.1. The van der Waals surface area contributed by atoms with E-state index in [1.807, 2.05) is 12.3 Å². The molecule has 106 valence electrons. The van der Waals surface area contributed by atoms with Crippen LogP contribution in [-0.2, 0) is 4.74 Å². The van der Waals surface area contributed by atoms with Crippen molar-refractivity contribution in [3.8, 4) is 5.13 Å². The normalized spacial score (nSPS) is 18.4. The Balaban J connectivity index is 1.69. The highest BCUT2D eigenvalue weighted by molar-refractivity contribution is 7.12. The minimum absolute atomic E-state index is 0.119. The number of aromatic nitrogens is 4. The largest absolute Gasteiger partial charge is 0.376 e. The summed E-state index contributed by atoms with van der Waals surface area (Å²) in [6.45, 7) is 3.10. The second kappa shape index (κ2) is 5.68. The van der Waals surface area contributed by atoms with Crippen LogP contribution in [0.15, 0.2) is 11.6 Å². The third kappa shape index (κ3) is 2.56. The van der Waals surface area contributed by atoms with Gasteiger partial charge in [-0.15, -0.1) is 16.4 Å². The molecule has 1 saturated heterocycles. The van der Waals surface area contributed by atoms with Crippen molar-refractivity contribution in [2.75, 3.05) is 13.2 Å². The first-order chi connectivity index (χ1) is 9.75. The predicted molar refractivity (Wildman–Crippen MR) is 73.1 cm³/mol. The Kier molecular flexibility index (Phi) is 3.75. The number of nitrogens with zero attached hydrogens (tertiary/aromatic N) is 4. The minimum Gasteiger partial charge on any atom is -0.376 e. The molecule has 0 bridgehead atoms. The van der Waals surface area contributed by atoms with Crippen LogP contribution in [0.1, 0.15) is 29.0 Å². The van der Waals surface area contributed by atoms with Crippen molar-refractivity contribution in [3.63, 3.8) is 0 Å². The van der Waals surface area contributed by atoms with Gasteiger partial charge in [-0.25, -0.2) is 4.98 Å². The summed E-state index contributed by atoms with van der Waals surface area (Å²) in [6.07, 6.45) is 3.86. The molecule has 0 aromatic carbocycles. The van der Waals surface area contributed by atoms with Crippen molar-refractivity contribution < 1.29 is 9.53 Å². The monoisotopic (exact) mass is 293 g/mol. The molecule has 1 fully saturated rings. The molecule has 3 heterocycles. The fourth-order valence-corrected chi connectivity index (χ4v) is 2.78. The number of nitrogens with one attached hydrogen (secondary N) is 1. The average molecular weight is 293 g/mol. The van der Waals surface area contributed by atoms with E-state index in [-0.39, 0.29) is 12.0 Å². The van der Waals surface area contributed by atoms with E-state index in [1.165, 1.54) is 11.3 Å². The van der Waals surface area contributed by atoms with Crippen LogP contribution in [0.3, 0.4) is 0 Å². The molecule has 0 radical (unpaired) electrons. The highest BCUT2D eigenvalue weighted by Gasteiger charge is 2.21. The minimum atomic E-state index is -0.221. The van der Waals surface area contributed by atoms with E-state index in [9.17, 15) is 4.79 Å². The number of amides is 1. The second-order valence-corrected chi connectivity index (χ2v) is 5.47. The molecular weight excluding hydrogens is 278 g/mol. The molecule has 1 aliphatic rings. The summed E-state index contributed by atoms with van der Waals surface area (Å²) in [7, 11) is 0. The summed E-state index contributed by atoms with van der Waals surface area (Å²) >= 11 is 1.45. The molecule has 1 unspecified atom stereocenters. The molecule has 0 saturated carbocycles. The van der Waals surface area contributed by atoms with Gasteiger partial charge in [0.15, 0.2) is 5.69 Å². The lowest BCUT2D eigenvalue weighted by Gasteiger charge is -2.09. The maximum Gasteiger partial charge on any atom is 0.273 e. The van der Waals surface area contributed by atoms with E-state index < -0.39 is 0 Å². The topological polar surface area (TPSA) is 81.9 Å². The van der Waals surface area contributed by atoms with Gasteiger partial charge in [0, 0.05) is 24.7 Å². The van der Waals surface area contributed by atoms with E-state index in [0.717, 1.165) is 19.4 Å². The number of carbonyl (C=O) groups is 1. The van der Waals surface area contributed by atoms with Crippen molar-refractivity contribution in [1.29, 1.82) is 0 Å². The zero-order valence-electron chi connectivity index (χ0n) is 11.1. The van der Waals surface area contributed by atoms with E-state index in [2.05, 4.69) is 20.6 Å². The second-order valence-electron chi connectivity index (χ2n) is 4.59. The van der Waals surface area contributed by atoms with Crippen molar-refractivity contribution in [2.45, 2.75) is 25.9 Å². The van der Waals surface area contributed by atoms with E-state index >= 15 is 0 Å². The smallest absolute Gasteiger partial charge is 0.273 e. The Labute approximate surface area is 120 Å². The summed E-state index contributed by atoms with van der Waals surface area (Å²) in [5.74, 6) is -0.221. The standard InChI is InChI=1S/C12H15N5O2S/c1-8-10(11(18)14-7-9-3-2-5-19-9)15-16-17(8)12-13-4-6-20-12/h4,6,9H,2-3,5,7H2,1H3,(H,14,18). The SMILES string of the molecule is Cc1c(C(=O)NCC2CCCO2)nnn1-c1nccs1. The zero-order valence-corrected chi connectivity index (χ0v) is 11.9. The molecule has 0 aliphatic carbocycles. The molecule has 2 aromatic heterocycles. The molecule has 8 heteroatoms. The number of thiazole rings is 1. The van der Waals surface area contributed by atoms with Crippen molar-refractivity contribution >= 4 is 17.2 Å². The number of hydrogen-bond acceptors (Lipinski definition) is 6. The van der Waals surface area contributed by atoms with E-state index in [1.54, 1.807) is 10.9 Å². The first-order valence-electron chi connectivity index (χ1n) is 6.47. The van der Waals surface area contributed by atoms with Crippen LogP contribution in [0.4, 0.5) is 0 Å². The number of rotatable bonds is 4. The fraction of sp³-hybridized carbons (Fsp3) is 0.500. The van der Waals surface area contributed by atoms with Gasteiger partial charge >= 0.3 is 0 Å². The first-order valence-corrected chi connectivity index (χ1v) is 7.35. The Morgan fingerprint density at radius 3 is 3.25 bits per heavy atom. The highest BCUT2D eigenvalue weighted by Crippen LogP contribution is 2.15. The van der Waals surface area contributed by atoms with Gasteiger partial charge in [-0.05, 0) is 19.8 Å². The van der Waals surface area contributed by atoms with Gasteiger partial charge in [-0.1, -0.05) is 5.21 Å². The van der Waals surface area contributed by atoms with Crippen LogP contribution in [0.25, 0.3) is 5.13 Å². The predicted octanol–water partition coefficient (Wildman–Crippen LogP) is 0.941. The van der Waals surface area contributed by atoms with Gasteiger partial charge in [0.05, 0.1) is 11.8 Å². The number of ether oxygens (including phenoxy) is 1. The summed E-state index contributed by atoms with van der Waals surface area (Å²) in [5.41, 5.74) is 1.02. The van der Waals surface area contributed by atoms with Crippen LogP contribution in [0.5, 0.6) is 0 Å².